The van der Waals surface area contributed by atoms with Crippen molar-refractivity contribution in [1.29, 1.82) is 0 Å². The van der Waals surface area contributed by atoms with E-state index in [0.717, 1.165) is 18.5 Å². The van der Waals surface area contributed by atoms with Gasteiger partial charge in [0.05, 0.1) is 6.54 Å². The number of hydrogen-bond donors (Lipinski definition) is 2. The average Bonchev–Trinajstić information content (AvgIpc) is 3.02. The predicted molar refractivity (Wildman–Crippen MR) is 106 cm³/mol. The standard InChI is InChI=1S/C18H21N5O3S/c1-3-5-13-11-16(25)23-18(21-13)27-17(22-23)19-8-9-26-15-7-4-6-14(10-15)20-12(2)24/h4,6-7,10-11H,3,5,8-9H2,1-2H3,(H,19,22)(H,20,24). The number of nitrogens with zero attached hydrogens (tertiary/aromatic N) is 3. The van der Waals surface area contributed by atoms with Gasteiger partial charge in [-0.1, -0.05) is 30.7 Å². The zero-order chi connectivity index (χ0) is 19.2. The highest BCUT2D eigenvalue weighted by molar-refractivity contribution is 7.20. The van der Waals surface area contributed by atoms with Gasteiger partial charge in [-0.3, -0.25) is 9.59 Å². The molecular weight excluding hydrogens is 366 g/mol. The molecule has 1 amide bonds. The van der Waals surface area contributed by atoms with Gasteiger partial charge in [-0.2, -0.15) is 4.52 Å². The molecule has 2 N–H and O–H groups in total. The first-order chi connectivity index (χ1) is 13.0. The second kappa shape index (κ2) is 8.63. The first-order valence-corrected chi connectivity index (χ1v) is 9.51. The number of nitrogens with one attached hydrogen (secondary N) is 2. The Kier molecular flexibility index (Phi) is 6.02. The van der Waals surface area contributed by atoms with Crippen LogP contribution in [-0.2, 0) is 11.2 Å². The van der Waals surface area contributed by atoms with E-state index in [1.807, 2.05) is 12.1 Å². The molecule has 2 aromatic heterocycles. The number of hydrogen-bond acceptors (Lipinski definition) is 7. The third kappa shape index (κ3) is 5.04. The molecule has 3 aromatic rings. The highest BCUT2D eigenvalue weighted by Crippen LogP contribution is 2.18. The van der Waals surface area contributed by atoms with Crippen LogP contribution in [0.25, 0.3) is 4.96 Å². The maximum atomic E-state index is 12.1. The number of benzene rings is 1. The van der Waals surface area contributed by atoms with Crippen molar-refractivity contribution in [3.63, 3.8) is 0 Å². The van der Waals surface area contributed by atoms with Gasteiger partial charge >= 0.3 is 0 Å². The molecule has 0 aliphatic rings. The summed E-state index contributed by atoms with van der Waals surface area (Å²) in [6, 6.07) is 8.73. The summed E-state index contributed by atoms with van der Waals surface area (Å²) in [6.07, 6.45) is 1.71. The van der Waals surface area contributed by atoms with Crippen molar-refractivity contribution in [2.45, 2.75) is 26.7 Å². The molecule has 142 valence electrons. The number of carbonyl (C=O) groups excluding carboxylic acids is 1. The summed E-state index contributed by atoms with van der Waals surface area (Å²) in [5.41, 5.74) is 1.31. The van der Waals surface area contributed by atoms with Crippen LogP contribution in [-0.4, -0.2) is 33.7 Å². The minimum atomic E-state index is -0.168. The van der Waals surface area contributed by atoms with Gasteiger partial charge in [-0.25, -0.2) is 4.98 Å². The van der Waals surface area contributed by atoms with Gasteiger partial charge < -0.3 is 15.4 Å². The van der Waals surface area contributed by atoms with E-state index in [1.165, 1.54) is 28.8 Å². The summed E-state index contributed by atoms with van der Waals surface area (Å²) < 4.78 is 6.99. The summed E-state index contributed by atoms with van der Waals surface area (Å²) in [4.78, 5) is 28.2. The normalized spacial score (nSPS) is 10.7. The van der Waals surface area contributed by atoms with Crippen molar-refractivity contribution in [2.24, 2.45) is 0 Å². The number of aromatic nitrogens is 3. The van der Waals surface area contributed by atoms with Crippen molar-refractivity contribution < 1.29 is 9.53 Å². The van der Waals surface area contributed by atoms with Gasteiger partial charge in [0.25, 0.3) is 5.56 Å². The molecule has 27 heavy (non-hydrogen) atoms. The summed E-state index contributed by atoms with van der Waals surface area (Å²) in [5.74, 6) is 0.532. The Bertz CT molecular complexity index is 998. The molecular formula is C18H21N5O3S. The number of aryl methyl sites for hydroxylation is 1. The zero-order valence-electron chi connectivity index (χ0n) is 15.2. The van der Waals surface area contributed by atoms with Crippen molar-refractivity contribution >= 4 is 33.0 Å². The molecule has 2 heterocycles. The second-order valence-electron chi connectivity index (χ2n) is 5.92. The van der Waals surface area contributed by atoms with Crippen LogP contribution >= 0.6 is 11.3 Å². The molecule has 9 heteroatoms. The summed E-state index contributed by atoms with van der Waals surface area (Å²) in [6.45, 7) is 4.43. The largest absolute Gasteiger partial charge is 0.492 e. The Morgan fingerprint density at radius 3 is 2.96 bits per heavy atom. The molecule has 8 nitrogen and oxygen atoms in total. The van der Waals surface area contributed by atoms with Crippen molar-refractivity contribution in [1.82, 2.24) is 14.6 Å². The predicted octanol–water partition coefficient (Wildman–Crippen LogP) is 2.55. The molecule has 0 aliphatic carbocycles. The molecule has 0 fully saturated rings. The zero-order valence-corrected chi connectivity index (χ0v) is 16.0. The first-order valence-electron chi connectivity index (χ1n) is 8.69. The van der Waals surface area contributed by atoms with E-state index < -0.39 is 0 Å². The Hall–Kier alpha value is -2.94. The Balaban J connectivity index is 1.57. The number of carbonyl (C=O) groups is 1. The summed E-state index contributed by atoms with van der Waals surface area (Å²) >= 11 is 1.33. The van der Waals surface area contributed by atoms with E-state index in [0.29, 0.717) is 34.7 Å². The van der Waals surface area contributed by atoms with Gasteiger partial charge in [-0.05, 0) is 18.6 Å². The third-order valence-corrected chi connectivity index (χ3v) is 4.47. The van der Waals surface area contributed by atoms with Crippen molar-refractivity contribution in [3.8, 4) is 5.75 Å². The minimum Gasteiger partial charge on any atom is -0.492 e. The number of anilines is 2. The molecule has 0 spiro atoms. The molecule has 0 radical (unpaired) electrons. The maximum Gasteiger partial charge on any atom is 0.275 e. The highest BCUT2D eigenvalue weighted by atomic mass is 32.1. The van der Waals surface area contributed by atoms with Crippen LogP contribution in [0.5, 0.6) is 5.75 Å². The monoisotopic (exact) mass is 387 g/mol. The van der Waals surface area contributed by atoms with Crippen LogP contribution in [0, 0.1) is 0 Å². The lowest BCUT2D eigenvalue weighted by Gasteiger charge is -2.08. The SMILES string of the molecule is CCCc1cc(=O)n2nc(NCCOc3cccc(NC(C)=O)c3)sc2n1. The lowest BCUT2D eigenvalue weighted by molar-refractivity contribution is -0.114. The lowest BCUT2D eigenvalue weighted by Crippen LogP contribution is -2.16. The highest BCUT2D eigenvalue weighted by Gasteiger charge is 2.08. The number of amides is 1. The van der Waals surface area contributed by atoms with Crippen molar-refractivity contribution in [3.05, 3.63) is 46.4 Å². The van der Waals surface area contributed by atoms with Crippen molar-refractivity contribution in [2.75, 3.05) is 23.8 Å². The van der Waals surface area contributed by atoms with Gasteiger partial charge in [0.15, 0.2) is 0 Å². The fourth-order valence-electron chi connectivity index (χ4n) is 2.51. The van der Waals surface area contributed by atoms with E-state index >= 15 is 0 Å². The smallest absolute Gasteiger partial charge is 0.275 e. The van der Waals surface area contributed by atoms with E-state index in [9.17, 15) is 9.59 Å². The molecule has 1 aromatic carbocycles. The van der Waals surface area contributed by atoms with Crippen LogP contribution < -0.4 is 20.9 Å². The molecule has 0 atom stereocenters. The Morgan fingerprint density at radius 1 is 1.33 bits per heavy atom. The third-order valence-electron chi connectivity index (χ3n) is 3.61. The molecule has 0 saturated carbocycles. The molecule has 0 aliphatic heterocycles. The topological polar surface area (TPSA) is 97.6 Å². The average molecular weight is 387 g/mol. The van der Waals surface area contributed by atoms with E-state index in [4.69, 9.17) is 4.74 Å². The van der Waals surface area contributed by atoms with Gasteiger partial charge in [-0.15, -0.1) is 5.10 Å². The summed E-state index contributed by atoms with van der Waals surface area (Å²) in [5, 5.41) is 10.7. The molecule has 0 saturated heterocycles. The van der Waals surface area contributed by atoms with Crippen LogP contribution in [0.4, 0.5) is 10.8 Å². The molecule has 0 bridgehead atoms. The van der Waals surface area contributed by atoms with E-state index in [-0.39, 0.29) is 11.5 Å². The van der Waals surface area contributed by atoms with Crippen LogP contribution in [0.1, 0.15) is 26.0 Å². The lowest BCUT2D eigenvalue weighted by atomic mass is 10.2. The second-order valence-corrected chi connectivity index (χ2v) is 6.88. The fourth-order valence-corrected chi connectivity index (χ4v) is 3.36. The van der Waals surface area contributed by atoms with Gasteiger partial charge in [0, 0.05) is 30.4 Å². The maximum absolute atomic E-state index is 12.1. The van der Waals surface area contributed by atoms with Crippen LogP contribution in [0.15, 0.2) is 35.1 Å². The van der Waals surface area contributed by atoms with Crippen LogP contribution in [0.2, 0.25) is 0 Å². The molecule has 0 unspecified atom stereocenters. The number of fused-ring (bicyclic) bond motifs is 1. The Labute approximate surface area is 160 Å². The summed E-state index contributed by atoms with van der Waals surface area (Å²) in [7, 11) is 0. The van der Waals surface area contributed by atoms with Crippen LogP contribution in [0.3, 0.4) is 0 Å². The number of ether oxygens (including phenoxy) is 1. The first kappa shape index (κ1) is 18.8. The van der Waals surface area contributed by atoms with E-state index in [2.05, 4.69) is 27.6 Å². The van der Waals surface area contributed by atoms with E-state index in [1.54, 1.807) is 12.1 Å². The minimum absolute atomic E-state index is 0.129. The molecule has 3 rings (SSSR count). The fraction of sp³-hybridized carbons (Fsp3) is 0.333. The van der Waals surface area contributed by atoms with Gasteiger partial charge in [0.1, 0.15) is 12.4 Å². The number of rotatable bonds is 8. The Morgan fingerprint density at radius 2 is 2.19 bits per heavy atom. The quantitative estimate of drug-likeness (QED) is 0.577. The van der Waals surface area contributed by atoms with Gasteiger partial charge in [0.2, 0.25) is 16.0 Å².